The standard InChI is InChI=1S/C15H10N3/c1-2-4-15-12(3-1)10-17-18(15)13-6-5-11-7-8-16-14(11)9-13/h1,3-10,16H. The minimum atomic E-state index is 1.06. The molecule has 1 N–H and O–H groups in total. The molecule has 0 spiro atoms. The molecule has 2 aromatic carbocycles. The van der Waals surface area contributed by atoms with E-state index in [0.717, 1.165) is 22.1 Å². The van der Waals surface area contributed by atoms with Gasteiger partial charge in [0.2, 0.25) is 0 Å². The minimum Gasteiger partial charge on any atom is -0.361 e. The van der Waals surface area contributed by atoms with Crippen LogP contribution in [0.25, 0.3) is 27.5 Å². The molecular formula is C15H10N3. The van der Waals surface area contributed by atoms with Crippen LogP contribution in [0.3, 0.4) is 0 Å². The average Bonchev–Trinajstić information content (AvgIpc) is 3.04. The zero-order valence-electron chi connectivity index (χ0n) is 9.59. The minimum absolute atomic E-state index is 1.06. The SMILES string of the molecule is [c]1ccc2cnn(-c3ccc4cc[nH]c4c3)c2c1. The van der Waals surface area contributed by atoms with Crippen LogP contribution in [0.2, 0.25) is 0 Å². The van der Waals surface area contributed by atoms with Gasteiger partial charge in [-0.15, -0.1) is 0 Å². The van der Waals surface area contributed by atoms with Crippen LogP contribution in [0, 0.1) is 6.07 Å². The molecule has 18 heavy (non-hydrogen) atoms. The first kappa shape index (κ1) is 9.48. The van der Waals surface area contributed by atoms with Crippen LogP contribution in [0.5, 0.6) is 0 Å². The molecule has 1 radical (unpaired) electrons. The van der Waals surface area contributed by atoms with Crippen molar-refractivity contribution >= 4 is 21.8 Å². The van der Waals surface area contributed by atoms with Gasteiger partial charge in [-0.05, 0) is 35.7 Å². The molecule has 3 nitrogen and oxygen atoms in total. The summed E-state index contributed by atoms with van der Waals surface area (Å²) in [6.07, 6.45) is 3.82. The van der Waals surface area contributed by atoms with Crippen molar-refractivity contribution in [2.75, 3.05) is 0 Å². The predicted octanol–water partition coefficient (Wildman–Crippen LogP) is 3.31. The van der Waals surface area contributed by atoms with E-state index in [-0.39, 0.29) is 0 Å². The van der Waals surface area contributed by atoms with Crippen LogP contribution in [0.1, 0.15) is 0 Å². The molecule has 2 heterocycles. The van der Waals surface area contributed by atoms with Gasteiger partial charge >= 0.3 is 0 Å². The van der Waals surface area contributed by atoms with E-state index >= 15 is 0 Å². The van der Waals surface area contributed by atoms with Gasteiger partial charge in [0.15, 0.2) is 0 Å². The molecule has 0 aliphatic rings. The predicted molar refractivity (Wildman–Crippen MR) is 71.8 cm³/mol. The van der Waals surface area contributed by atoms with Gasteiger partial charge in [-0.2, -0.15) is 5.10 Å². The summed E-state index contributed by atoms with van der Waals surface area (Å²) in [5.74, 6) is 0. The maximum absolute atomic E-state index is 4.44. The van der Waals surface area contributed by atoms with Crippen molar-refractivity contribution < 1.29 is 0 Å². The lowest BCUT2D eigenvalue weighted by molar-refractivity contribution is 0.912. The zero-order chi connectivity index (χ0) is 11.9. The molecule has 0 aliphatic heterocycles. The highest BCUT2D eigenvalue weighted by Gasteiger charge is 2.05. The summed E-state index contributed by atoms with van der Waals surface area (Å²) in [6, 6.07) is 17.3. The van der Waals surface area contributed by atoms with Crippen molar-refractivity contribution in [3.8, 4) is 5.69 Å². The Morgan fingerprint density at radius 3 is 3.11 bits per heavy atom. The van der Waals surface area contributed by atoms with Crippen LogP contribution >= 0.6 is 0 Å². The normalized spacial score (nSPS) is 11.3. The number of H-pyrrole nitrogens is 1. The molecule has 0 aliphatic carbocycles. The van der Waals surface area contributed by atoms with Gasteiger partial charge in [-0.1, -0.05) is 18.2 Å². The zero-order valence-corrected chi connectivity index (χ0v) is 9.59. The Kier molecular flexibility index (Phi) is 1.83. The van der Waals surface area contributed by atoms with Crippen LogP contribution in [0.4, 0.5) is 0 Å². The summed E-state index contributed by atoms with van der Waals surface area (Å²) >= 11 is 0. The molecule has 0 fully saturated rings. The van der Waals surface area contributed by atoms with Crippen molar-refractivity contribution in [2.24, 2.45) is 0 Å². The molecule has 0 amide bonds. The van der Waals surface area contributed by atoms with Gasteiger partial charge in [0.1, 0.15) is 0 Å². The highest BCUT2D eigenvalue weighted by Crippen LogP contribution is 2.21. The molecule has 3 heteroatoms. The summed E-state index contributed by atoms with van der Waals surface area (Å²) in [6.45, 7) is 0. The third-order valence-electron chi connectivity index (χ3n) is 3.20. The molecular weight excluding hydrogens is 222 g/mol. The number of benzene rings is 2. The Morgan fingerprint density at radius 2 is 2.11 bits per heavy atom. The quantitative estimate of drug-likeness (QED) is 0.536. The second-order valence-corrected chi connectivity index (χ2v) is 4.29. The molecule has 0 saturated heterocycles. The summed E-state index contributed by atoms with van der Waals surface area (Å²) in [7, 11) is 0. The number of hydrogen-bond acceptors (Lipinski definition) is 1. The fraction of sp³-hybridized carbons (Fsp3) is 0. The number of nitrogens with zero attached hydrogens (tertiary/aromatic N) is 2. The number of aromatic amines is 1. The summed E-state index contributed by atoms with van der Waals surface area (Å²) in [4.78, 5) is 3.22. The number of nitrogens with one attached hydrogen (secondary N) is 1. The van der Waals surface area contributed by atoms with E-state index in [1.165, 1.54) is 5.39 Å². The Hall–Kier alpha value is -2.55. The highest BCUT2D eigenvalue weighted by molar-refractivity contribution is 5.84. The topological polar surface area (TPSA) is 33.6 Å². The molecule has 0 bridgehead atoms. The Bertz CT molecular complexity index is 839. The maximum Gasteiger partial charge on any atom is 0.0747 e. The summed E-state index contributed by atoms with van der Waals surface area (Å²) in [5, 5.41) is 6.77. The van der Waals surface area contributed by atoms with Gasteiger partial charge in [0.25, 0.3) is 0 Å². The smallest absolute Gasteiger partial charge is 0.0747 e. The van der Waals surface area contributed by atoms with Gasteiger partial charge in [-0.3, -0.25) is 0 Å². The van der Waals surface area contributed by atoms with E-state index in [0.29, 0.717) is 0 Å². The Labute approximate surface area is 104 Å². The molecule has 85 valence electrons. The van der Waals surface area contributed by atoms with E-state index in [1.807, 2.05) is 35.3 Å². The lowest BCUT2D eigenvalue weighted by Crippen LogP contribution is -1.95. The molecule has 2 aromatic heterocycles. The van der Waals surface area contributed by atoms with E-state index < -0.39 is 0 Å². The van der Waals surface area contributed by atoms with Crippen molar-refractivity contribution in [1.82, 2.24) is 14.8 Å². The van der Waals surface area contributed by atoms with Crippen LogP contribution < -0.4 is 0 Å². The average molecular weight is 232 g/mol. The lowest BCUT2D eigenvalue weighted by atomic mass is 10.2. The Balaban J connectivity index is 2.00. The molecule has 0 atom stereocenters. The third-order valence-corrected chi connectivity index (χ3v) is 3.20. The lowest BCUT2D eigenvalue weighted by Gasteiger charge is -2.03. The first-order valence-electron chi connectivity index (χ1n) is 5.83. The first-order valence-corrected chi connectivity index (χ1v) is 5.83. The number of aromatic nitrogens is 3. The molecule has 0 unspecified atom stereocenters. The van der Waals surface area contributed by atoms with Crippen molar-refractivity contribution in [3.05, 3.63) is 60.9 Å². The van der Waals surface area contributed by atoms with Crippen LogP contribution in [0.15, 0.2) is 54.9 Å². The number of hydrogen-bond donors (Lipinski definition) is 1. The van der Waals surface area contributed by atoms with Gasteiger partial charge in [0, 0.05) is 17.1 Å². The molecule has 4 aromatic rings. The van der Waals surface area contributed by atoms with Gasteiger partial charge < -0.3 is 4.98 Å². The van der Waals surface area contributed by atoms with Crippen LogP contribution in [-0.2, 0) is 0 Å². The first-order chi connectivity index (χ1) is 8.92. The fourth-order valence-corrected chi connectivity index (χ4v) is 2.28. The fourth-order valence-electron chi connectivity index (χ4n) is 2.28. The molecule has 0 saturated carbocycles. The van der Waals surface area contributed by atoms with Crippen LogP contribution in [-0.4, -0.2) is 14.8 Å². The van der Waals surface area contributed by atoms with Crippen molar-refractivity contribution in [3.63, 3.8) is 0 Å². The molecule has 4 rings (SSSR count). The summed E-state index contributed by atoms with van der Waals surface area (Å²) < 4.78 is 1.94. The highest BCUT2D eigenvalue weighted by atomic mass is 15.3. The summed E-state index contributed by atoms with van der Waals surface area (Å²) in [5.41, 5.74) is 3.25. The number of fused-ring (bicyclic) bond motifs is 2. The second kappa shape index (κ2) is 3.47. The van der Waals surface area contributed by atoms with E-state index in [2.05, 4.69) is 40.4 Å². The Morgan fingerprint density at radius 1 is 1.11 bits per heavy atom. The van der Waals surface area contributed by atoms with E-state index in [1.54, 1.807) is 0 Å². The van der Waals surface area contributed by atoms with Gasteiger partial charge in [-0.25, -0.2) is 4.68 Å². The number of rotatable bonds is 1. The second-order valence-electron chi connectivity index (χ2n) is 4.29. The third kappa shape index (κ3) is 1.27. The van der Waals surface area contributed by atoms with E-state index in [9.17, 15) is 0 Å². The van der Waals surface area contributed by atoms with E-state index in [4.69, 9.17) is 0 Å². The van der Waals surface area contributed by atoms with Crippen molar-refractivity contribution in [2.45, 2.75) is 0 Å². The monoisotopic (exact) mass is 232 g/mol. The maximum atomic E-state index is 4.44. The van der Waals surface area contributed by atoms with Crippen molar-refractivity contribution in [1.29, 1.82) is 0 Å². The van der Waals surface area contributed by atoms with Gasteiger partial charge in [0.05, 0.1) is 17.4 Å². The largest absolute Gasteiger partial charge is 0.361 e.